The van der Waals surface area contributed by atoms with Gasteiger partial charge in [-0.05, 0) is 37.0 Å². The lowest BCUT2D eigenvalue weighted by Crippen LogP contribution is -2.44. The average molecular weight is 393 g/mol. The molecule has 1 aromatic heterocycles. The number of carbonyl (C=O) groups excluding carboxylic acids is 2. The molecular formula is C19H24FN3O5. The van der Waals surface area contributed by atoms with Crippen LogP contribution in [0.4, 0.5) is 4.39 Å². The maximum Gasteiger partial charge on any atom is 0.329 e. The van der Waals surface area contributed by atoms with Crippen molar-refractivity contribution in [3.05, 3.63) is 34.2 Å². The van der Waals surface area contributed by atoms with Crippen LogP contribution in [0.5, 0.6) is 0 Å². The van der Waals surface area contributed by atoms with Crippen LogP contribution in [0.1, 0.15) is 30.9 Å². The number of hydrogen-bond donors (Lipinski definition) is 2. The summed E-state index contributed by atoms with van der Waals surface area (Å²) in [5, 5.41) is 10.9. The summed E-state index contributed by atoms with van der Waals surface area (Å²) in [5.41, 5.74) is 2.04. The number of ether oxygens (including phenoxy) is 1. The van der Waals surface area contributed by atoms with E-state index in [1.807, 2.05) is 12.1 Å². The zero-order valence-corrected chi connectivity index (χ0v) is 15.7. The van der Waals surface area contributed by atoms with Crippen molar-refractivity contribution in [2.45, 2.75) is 37.9 Å². The highest BCUT2D eigenvalue weighted by Gasteiger charge is 2.31. The molecule has 0 bridgehead atoms. The van der Waals surface area contributed by atoms with Crippen molar-refractivity contribution in [3.63, 3.8) is 0 Å². The summed E-state index contributed by atoms with van der Waals surface area (Å²) in [7, 11) is 1.65. The molecule has 0 radical (unpaired) electrons. The van der Waals surface area contributed by atoms with E-state index in [1.54, 1.807) is 13.1 Å². The fourth-order valence-corrected chi connectivity index (χ4v) is 3.44. The van der Waals surface area contributed by atoms with Gasteiger partial charge in [-0.15, -0.1) is 0 Å². The number of halogens is 1. The van der Waals surface area contributed by atoms with Gasteiger partial charge in [0.2, 0.25) is 11.8 Å². The molecule has 2 unspecified atom stereocenters. The summed E-state index contributed by atoms with van der Waals surface area (Å²) in [5.74, 6) is -0.779. The number of nitrogens with zero attached hydrogens (tertiary/aromatic N) is 2. The first-order valence-electron chi connectivity index (χ1n) is 9.28. The van der Waals surface area contributed by atoms with Crippen molar-refractivity contribution in [2.24, 2.45) is 7.05 Å². The maximum absolute atomic E-state index is 12.9. The second-order valence-corrected chi connectivity index (χ2v) is 6.96. The lowest BCUT2D eigenvalue weighted by molar-refractivity contribution is -0.135. The molecule has 0 aliphatic carbocycles. The molecule has 9 heteroatoms. The van der Waals surface area contributed by atoms with Gasteiger partial charge >= 0.3 is 5.69 Å². The van der Waals surface area contributed by atoms with Crippen molar-refractivity contribution < 1.29 is 23.8 Å². The molecule has 2 heterocycles. The van der Waals surface area contributed by atoms with Crippen LogP contribution < -0.4 is 11.0 Å². The number of aliphatic hydroxyl groups excluding tert-OH is 1. The summed E-state index contributed by atoms with van der Waals surface area (Å²) in [6.45, 7) is -0.303. The Bertz CT molecular complexity index is 936. The van der Waals surface area contributed by atoms with Crippen LogP contribution in [0.15, 0.2) is 23.0 Å². The van der Waals surface area contributed by atoms with Crippen molar-refractivity contribution in [2.75, 3.05) is 19.8 Å². The van der Waals surface area contributed by atoms with Gasteiger partial charge in [0.15, 0.2) is 0 Å². The van der Waals surface area contributed by atoms with Gasteiger partial charge in [0, 0.05) is 20.1 Å². The predicted octanol–water partition coefficient (Wildman–Crippen LogP) is 0.597. The van der Waals surface area contributed by atoms with Crippen LogP contribution in [0, 0.1) is 0 Å². The van der Waals surface area contributed by atoms with Crippen molar-refractivity contribution in [1.82, 2.24) is 14.5 Å². The van der Waals surface area contributed by atoms with E-state index in [0.29, 0.717) is 36.9 Å². The van der Waals surface area contributed by atoms with Crippen LogP contribution in [-0.2, 0) is 27.8 Å². The monoisotopic (exact) mass is 393 g/mol. The molecule has 1 saturated heterocycles. The highest BCUT2D eigenvalue weighted by Crippen LogP contribution is 2.24. The first kappa shape index (κ1) is 20.2. The molecule has 2 atom stereocenters. The molecule has 1 aromatic carbocycles. The normalized spacial score (nSPS) is 18.5. The summed E-state index contributed by atoms with van der Waals surface area (Å²) in [6, 6.07) is 4.88. The van der Waals surface area contributed by atoms with E-state index in [4.69, 9.17) is 9.84 Å². The fraction of sp³-hybridized carbons (Fsp3) is 0.526. The minimum absolute atomic E-state index is 0.126. The lowest BCUT2D eigenvalue weighted by atomic mass is 10.1. The number of benzene rings is 1. The standard InChI is InChI=1S/C19H24FN3O5/c1-22-16-9-12(3-2-8-28-11-13(20)10-24)4-5-14(16)23(19(22)27)15-6-7-17(25)21-18(15)26/h4-5,9,13,15,24H,2-3,6-8,10-11H2,1H3,(H,21,25,26). The van der Waals surface area contributed by atoms with Crippen LogP contribution in [0.3, 0.4) is 0 Å². The van der Waals surface area contributed by atoms with Crippen LogP contribution in [0.25, 0.3) is 11.0 Å². The van der Waals surface area contributed by atoms with Crippen LogP contribution >= 0.6 is 0 Å². The number of rotatable bonds is 8. The predicted molar refractivity (Wildman–Crippen MR) is 99.7 cm³/mol. The van der Waals surface area contributed by atoms with Gasteiger partial charge in [-0.2, -0.15) is 0 Å². The number of imide groups is 1. The SMILES string of the molecule is Cn1c(=O)n(C2CCC(=O)NC2=O)c2ccc(CCCOCC(F)CO)cc21. The van der Waals surface area contributed by atoms with Crippen molar-refractivity contribution >= 4 is 22.8 Å². The van der Waals surface area contributed by atoms with Gasteiger partial charge in [0.1, 0.15) is 12.2 Å². The topological polar surface area (TPSA) is 103 Å². The van der Waals surface area contributed by atoms with E-state index >= 15 is 0 Å². The molecular weight excluding hydrogens is 369 g/mol. The minimum Gasteiger partial charge on any atom is -0.393 e. The Kier molecular flexibility index (Phi) is 6.25. The highest BCUT2D eigenvalue weighted by molar-refractivity contribution is 6.00. The number of piperidine rings is 1. The number of nitrogens with one attached hydrogen (secondary N) is 1. The number of imidazole rings is 1. The zero-order valence-electron chi connectivity index (χ0n) is 15.7. The molecule has 0 spiro atoms. The second kappa shape index (κ2) is 8.66. The molecule has 2 aromatic rings. The molecule has 1 aliphatic rings. The van der Waals surface area contributed by atoms with E-state index in [2.05, 4.69) is 5.32 Å². The van der Waals surface area contributed by atoms with Gasteiger partial charge in [-0.25, -0.2) is 9.18 Å². The van der Waals surface area contributed by atoms with Gasteiger partial charge in [-0.1, -0.05) is 6.07 Å². The molecule has 28 heavy (non-hydrogen) atoms. The Balaban J connectivity index is 1.75. The van der Waals surface area contributed by atoms with Gasteiger partial charge in [0.05, 0.1) is 24.2 Å². The van der Waals surface area contributed by atoms with E-state index < -0.39 is 24.7 Å². The number of aryl methyl sites for hydroxylation is 2. The highest BCUT2D eigenvalue weighted by atomic mass is 19.1. The second-order valence-electron chi connectivity index (χ2n) is 6.96. The molecule has 1 aliphatic heterocycles. The Morgan fingerprint density at radius 1 is 1.32 bits per heavy atom. The van der Waals surface area contributed by atoms with E-state index in [0.717, 1.165) is 5.56 Å². The number of aromatic nitrogens is 2. The third-order valence-electron chi connectivity index (χ3n) is 4.93. The maximum atomic E-state index is 12.9. The summed E-state index contributed by atoms with van der Waals surface area (Å²) >= 11 is 0. The van der Waals surface area contributed by atoms with Crippen molar-refractivity contribution in [1.29, 1.82) is 0 Å². The Labute approximate surface area is 160 Å². The van der Waals surface area contributed by atoms with Gasteiger partial charge in [-0.3, -0.25) is 24.0 Å². The van der Waals surface area contributed by atoms with Crippen LogP contribution in [0.2, 0.25) is 0 Å². The largest absolute Gasteiger partial charge is 0.393 e. The Morgan fingerprint density at radius 3 is 2.82 bits per heavy atom. The molecule has 8 nitrogen and oxygen atoms in total. The van der Waals surface area contributed by atoms with Gasteiger partial charge < -0.3 is 9.84 Å². The zero-order chi connectivity index (χ0) is 20.3. The number of aliphatic hydroxyl groups is 1. The van der Waals surface area contributed by atoms with E-state index in [1.165, 1.54) is 9.13 Å². The number of hydrogen-bond acceptors (Lipinski definition) is 5. The molecule has 2 amide bonds. The van der Waals surface area contributed by atoms with E-state index in [9.17, 15) is 18.8 Å². The smallest absolute Gasteiger partial charge is 0.329 e. The van der Waals surface area contributed by atoms with Crippen LogP contribution in [-0.4, -0.2) is 52.0 Å². The first-order valence-corrected chi connectivity index (χ1v) is 9.28. The minimum atomic E-state index is -1.36. The fourth-order valence-electron chi connectivity index (χ4n) is 3.44. The first-order chi connectivity index (χ1) is 13.4. The molecule has 152 valence electrons. The quantitative estimate of drug-likeness (QED) is 0.505. The number of alkyl halides is 1. The molecule has 1 fully saturated rings. The summed E-state index contributed by atoms with van der Waals surface area (Å²) in [4.78, 5) is 36.3. The number of amides is 2. The van der Waals surface area contributed by atoms with E-state index in [-0.39, 0.29) is 24.6 Å². The number of fused-ring (bicyclic) bond motifs is 1. The van der Waals surface area contributed by atoms with Gasteiger partial charge in [0.25, 0.3) is 0 Å². The third kappa shape index (κ3) is 4.15. The molecule has 2 N–H and O–H groups in total. The Morgan fingerprint density at radius 2 is 2.11 bits per heavy atom. The van der Waals surface area contributed by atoms with Crippen molar-refractivity contribution in [3.8, 4) is 0 Å². The summed E-state index contributed by atoms with van der Waals surface area (Å²) < 4.78 is 21.0. The third-order valence-corrected chi connectivity index (χ3v) is 4.93. The molecule has 0 saturated carbocycles. The average Bonchev–Trinajstić information content (AvgIpc) is 2.92. The molecule has 3 rings (SSSR count). The Hall–Kier alpha value is -2.52. The summed E-state index contributed by atoms with van der Waals surface area (Å²) in [6.07, 6.45) is 0.493. The number of carbonyl (C=O) groups is 2. The lowest BCUT2D eigenvalue weighted by Gasteiger charge is -2.21.